The molecule has 3 unspecified atom stereocenters. The summed E-state index contributed by atoms with van der Waals surface area (Å²) in [5.74, 6) is 1.70. The second-order valence-electron chi connectivity index (χ2n) is 5.04. The highest BCUT2D eigenvalue weighted by molar-refractivity contribution is 5.34. The lowest BCUT2D eigenvalue weighted by Gasteiger charge is -2.14. The molecular weight excluding hydrogens is 236 g/mol. The van der Waals surface area contributed by atoms with Crippen molar-refractivity contribution in [3.8, 4) is 5.88 Å². The normalized spacial score (nSPS) is 22.8. The molecule has 1 saturated carbocycles. The number of benzene rings is 1. The lowest BCUT2D eigenvalue weighted by Crippen LogP contribution is -2.15. The fourth-order valence-corrected chi connectivity index (χ4v) is 2.75. The van der Waals surface area contributed by atoms with Crippen LogP contribution in [0.1, 0.15) is 29.5 Å². The summed E-state index contributed by atoms with van der Waals surface area (Å²) in [6.07, 6.45) is 2.87. The molecule has 1 heterocycles. The minimum Gasteiger partial charge on any atom is -0.481 e. The Morgan fingerprint density at radius 3 is 2.74 bits per heavy atom. The third-order valence-corrected chi connectivity index (χ3v) is 3.88. The van der Waals surface area contributed by atoms with E-state index in [9.17, 15) is 0 Å². The Kier molecular flexibility index (Phi) is 3.22. The Morgan fingerprint density at radius 2 is 2.00 bits per heavy atom. The highest BCUT2D eigenvalue weighted by Gasteiger charge is 2.43. The molecule has 2 aromatic rings. The number of nitrogens with zero attached hydrogens (tertiary/aromatic N) is 1. The molecule has 0 spiro atoms. The van der Waals surface area contributed by atoms with E-state index < -0.39 is 0 Å². The van der Waals surface area contributed by atoms with Gasteiger partial charge in [-0.1, -0.05) is 36.4 Å². The lowest BCUT2D eigenvalue weighted by molar-refractivity contribution is 0.385. The van der Waals surface area contributed by atoms with Gasteiger partial charge in [-0.3, -0.25) is 0 Å². The molecule has 1 aliphatic rings. The number of ether oxygens (including phenoxy) is 1. The van der Waals surface area contributed by atoms with Crippen LogP contribution in [0.15, 0.2) is 48.7 Å². The Labute approximate surface area is 113 Å². The van der Waals surface area contributed by atoms with Crippen LogP contribution in [0.25, 0.3) is 0 Å². The molecule has 2 N–H and O–H groups in total. The van der Waals surface area contributed by atoms with Crippen LogP contribution < -0.4 is 10.5 Å². The van der Waals surface area contributed by atoms with E-state index >= 15 is 0 Å². The van der Waals surface area contributed by atoms with E-state index in [1.165, 1.54) is 5.56 Å². The van der Waals surface area contributed by atoms with Gasteiger partial charge in [0, 0.05) is 17.8 Å². The largest absolute Gasteiger partial charge is 0.481 e. The molecule has 0 radical (unpaired) electrons. The first-order valence-corrected chi connectivity index (χ1v) is 6.60. The molecule has 1 aromatic heterocycles. The van der Waals surface area contributed by atoms with Crippen molar-refractivity contribution in [2.24, 2.45) is 11.7 Å². The zero-order valence-electron chi connectivity index (χ0n) is 11.0. The maximum absolute atomic E-state index is 6.38. The van der Waals surface area contributed by atoms with Gasteiger partial charge in [0.05, 0.1) is 7.11 Å². The van der Waals surface area contributed by atoms with Crippen molar-refractivity contribution in [1.82, 2.24) is 4.98 Å². The lowest BCUT2D eigenvalue weighted by atomic mass is 10.0. The van der Waals surface area contributed by atoms with Crippen LogP contribution in [-0.2, 0) is 0 Å². The minimum absolute atomic E-state index is 0.00569. The number of methoxy groups -OCH3 is 1. The Hall–Kier alpha value is -1.87. The van der Waals surface area contributed by atoms with Crippen molar-refractivity contribution in [3.05, 3.63) is 59.8 Å². The van der Waals surface area contributed by atoms with Gasteiger partial charge in [0.25, 0.3) is 0 Å². The summed E-state index contributed by atoms with van der Waals surface area (Å²) in [5, 5.41) is 0. The fraction of sp³-hybridized carbons (Fsp3) is 0.312. The third kappa shape index (κ3) is 2.34. The summed E-state index contributed by atoms with van der Waals surface area (Å²) < 4.78 is 5.29. The van der Waals surface area contributed by atoms with Gasteiger partial charge in [0.2, 0.25) is 5.88 Å². The first-order chi connectivity index (χ1) is 9.31. The van der Waals surface area contributed by atoms with E-state index in [0.717, 1.165) is 12.0 Å². The Bertz CT molecular complexity index is 556. The van der Waals surface area contributed by atoms with E-state index in [0.29, 0.717) is 17.7 Å². The summed E-state index contributed by atoms with van der Waals surface area (Å²) in [5.41, 5.74) is 8.77. The molecule has 0 aliphatic heterocycles. The summed E-state index contributed by atoms with van der Waals surface area (Å²) in [6.45, 7) is 0. The molecule has 98 valence electrons. The van der Waals surface area contributed by atoms with Crippen LogP contribution in [0.4, 0.5) is 0 Å². The molecule has 1 fully saturated rings. The van der Waals surface area contributed by atoms with Crippen LogP contribution in [-0.4, -0.2) is 12.1 Å². The highest BCUT2D eigenvalue weighted by atomic mass is 16.5. The molecule has 3 rings (SSSR count). The second kappa shape index (κ2) is 5.02. The summed E-state index contributed by atoms with van der Waals surface area (Å²) in [4.78, 5) is 4.22. The van der Waals surface area contributed by atoms with Crippen molar-refractivity contribution in [3.63, 3.8) is 0 Å². The van der Waals surface area contributed by atoms with Crippen molar-refractivity contribution in [2.75, 3.05) is 7.11 Å². The quantitative estimate of drug-likeness (QED) is 0.912. The predicted octanol–water partition coefficient (Wildman–Crippen LogP) is 2.89. The minimum atomic E-state index is -0.00569. The van der Waals surface area contributed by atoms with E-state index in [2.05, 4.69) is 29.2 Å². The zero-order chi connectivity index (χ0) is 13.2. The number of hydrogen-bond donors (Lipinski definition) is 1. The van der Waals surface area contributed by atoms with Crippen LogP contribution in [0.3, 0.4) is 0 Å². The number of nitrogens with two attached hydrogens (primary N) is 1. The maximum atomic E-state index is 6.38. The Balaban J connectivity index is 1.78. The summed E-state index contributed by atoms with van der Waals surface area (Å²) in [7, 11) is 1.64. The molecule has 3 heteroatoms. The van der Waals surface area contributed by atoms with Crippen LogP contribution >= 0.6 is 0 Å². The van der Waals surface area contributed by atoms with Crippen LogP contribution in [0.2, 0.25) is 0 Å². The topological polar surface area (TPSA) is 48.1 Å². The van der Waals surface area contributed by atoms with Gasteiger partial charge in [-0.2, -0.15) is 0 Å². The molecular formula is C16H18N2O. The van der Waals surface area contributed by atoms with E-state index in [4.69, 9.17) is 10.5 Å². The smallest absolute Gasteiger partial charge is 0.217 e. The molecule has 3 atom stereocenters. The zero-order valence-corrected chi connectivity index (χ0v) is 11.0. The van der Waals surface area contributed by atoms with Gasteiger partial charge in [0.15, 0.2) is 0 Å². The number of rotatable bonds is 4. The number of aromatic nitrogens is 1. The monoisotopic (exact) mass is 254 g/mol. The van der Waals surface area contributed by atoms with E-state index in [1.807, 2.05) is 18.2 Å². The van der Waals surface area contributed by atoms with Gasteiger partial charge >= 0.3 is 0 Å². The highest BCUT2D eigenvalue weighted by Crippen LogP contribution is 2.53. The van der Waals surface area contributed by atoms with Gasteiger partial charge in [-0.15, -0.1) is 0 Å². The molecule has 1 aromatic carbocycles. The average Bonchev–Trinajstić information content (AvgIpc) is 3.28. The van der Waals surface area contributed by atoms with Crippen molar-refractivity contribution < 1.29 is 4.74 Å². The standard InChI is InChI=1S/C16H18N2O/c1-19-16-12(8-5-9-18-16)15(17)14-10-13(14)11-6-3-2-4-7-11/h2-9,13-15H,10,17H2,1H3. The van der Waals surface area contributed by atoms with Crippen LogP contribution in [0, 0.1) is 5.92 Å². The summed E-state index contributed by atoms with van der Waals surface area (Å²) >= 11 is 0. The van der Waals surface area contributed by atoms with Crippen molar-refractivity contribution >= 4 is 0 Å². The molecule has 1 aliphatic carbocycles. The predicted molar refractivity (Wildman–Crippen MR) is 75.0 cm³/mol. The van der Waals surface area contributed by atoms with Crippen LogP contribution in [0.5, 0.6) is 5.88 Å². The van der Waals surface area contributed by atoms with Crippen molar-refractivity contribution in [1.29, 1.82) is 0 Å². The van der Waals surface area contributed by atoms with E-state index in [-0.39, 0.29) is 6.04 Å². The number of pyridine rings is 1. The molecule has 0 saturated heterocycles. The van der Waals surface area contributed by atoms with Gasteiger partial charge in [-0.05, 0) is 29.9 Å². The fourth-order valence-electron chi connectivity index (χ4n) is 2.75. The molecule has 19 heavy (non-hydrogen) atoms. The molecule has 0 amide bonds. The maximum Gasteiger partial charge on any atom is 0.217 e. The number of hydrogen-bond acceptors (Lipinski definition) is 3. The summed E-state index contributed by atoms with van der Waals surface area (Å²) in [6, 6.07) is 14.5. The Morgan fingerprint density at radius 1 is 1.21 bits per heavy atom. The van der Waals surface area contributed by atoms with E-state index in [1.54, 1.807) is 13.3 Å². The molecule has 3 nitrogen and oxygen atoms in total. The molecule has 0 bridgehead atoms. The van der Waals surface area contributed by atoms with Gasteiger partial charge in [0.1, 0.15) is 0 Å². The SMILES string of the molecule is COc1ncccc1C(N)C1CC1c1ccccc1. The average molecular weight is 254 g/mol. The first-order valence-electron chi connectivity index (χ1n) is 6.60. The third-order valence-electron chi connectivity index (χ3n) is 3.88. The van der Waals surface area contributed by atoms with Gasteiger partial charge in [-0.25, -0.2) is 4.98 Å². The van der Waals surface area contributed by atoms with Crippen molar-refractivity contribution in [2.45, 2.75) is 18.4 Å². The van der Waals surface area contributed by atoms with Gasteiger partial charge < -0.3 is 10.5 Å². The first kappa shape index (κ1) is 12.2. The second-order valence-corrected chi connectivity index (χ2v) is 5.04.